The first-order valence-corrected chi connectivity index (χ1v) is 6.36. The van der Waals surface area contributed by atoms with Gasteiger partial charge in [-0.05, 0) is 37.3 Å². The molecule has 0 aromatic carbocycles. The maximum Gasteiger partial charge on any atom is 0.126 e. The van der Waals surface area contributed by atoms with E-state index in [-0.39, 0.29) is 0 Å². The van der Waals surface area contributed by atoms with Crippen molar-refractivity contribution < 1.29 is 0 Å². The molecule has 1 aliphatic carbocycles. The monoisotopic (exact) mass is 218 g/mol. The molecule has 1 N–H and O–H groups in total. The first kappa shape index (κ1) is 11.4. The van der Waals surface area contributed by atoms with Crippen LogP contribution in [0.5, 0.6) is 0 Å². The fourth-order valence-electron chi connectivity index (χ4n) is 2.53. The summed E-state index contributed by atoms with van der Waals surface area (Å²) in [4.78, 5) is 4.48. The zero-order valence-electron chi connectivity index (χ0n) is 10.4. The van der Waals surface area contributed by atoms with Crippen LogP contribution in [0.3, 0.4) is 0 Å². The Morgan fingerprint density at radius 3 is 2.69 bits per heavy atom. The number of aryl methyl sites for hydroxylation is 1. The summed E-state index contributed by atoms with van der Waals surface area (Å²) in [6.45, 7) is 5.49. The van der Waals surface area contributed by atoms with Gasteiger partial charge >= 0.3 is 0 Å². The predicted octanol–water partition coefficient (Wildman–Crippen LogP) is 3.77. The molecule has 0 atom stereocenters. The number of hydrogen-bond acceptors (Lipinski definition) is 2. The van der Waals surface area contributed by atoms with Crippen LogP contribution in [0.1, 0.15) is 44.7 Å². The molecule has 0 bridgehead atoms. The Morgan fingerprint density at radius 1 is 1.25 bits per heavy atom. The first-order chi connectivity index (χ1) is 7.68. The number of aromatic nitrogens is 1. The van der Waals surface area contributed by atoms with Crippen molar-refractivity contribution in [3.63, 3.8) is 0 Å². The quantitative estimate of drug-likeness (QED) is 0.835. The normalized spacial score (nSPS) is 19.4. The first-order valence-electron chi connectivity index (χ1n) is 6.36. The molecule has 0 saturated heterocycles. The van der Waals surface area contributed by atoms with E-state index in [0.717, 1.165) is 18.1 Å². The van der Waals surface area contributed by atoms with Crippen LogP contribution in [-0.2, 0) is 0 Å². The number of pyridine rings is 1. The maximum atomic E-state index is 4.48. The van der Waals surface area contributed by atoms with Crippen LogP contribution in [0.25, 0.3) is 0 Å². The number of anilines is 1. The summed E-state index contributed by atoms with van der Waals surface area (Å²) >= 11 is 0. The molecule has 88 valence electrons. The molecule has 0 spiro atoms. The number of nitrogens with zero attached hydrogens (tertiary/aromatic N) is 1. The van der Waals surface area contributed by atoms with Crippen LogP contribution in [-0.4, -0.2) is 11.5 Å². The van der Waals surface area contributed by atoms with E-state index in [0.29, 0.717) is 5.41 Å². The largest absolute Gasteiger partial charge is 0.370 e. The lowest BCUT2D eigenvalue weighted by atomic mass is 9.76. The van der Waals surface area contributed by atoms with Crippen molar-refractivity contribution in [1.29, 1.82) is 0 Å². The van der Waals surface area contributed by atoms with Crippen LogP contribution in [0.15, 0.2) is 18.2 Å². The summed E-state index contributed by atoms with van der Waals surface area (Å²) in [5.41, 5.74) is 1.56. The van der Waals surface area contributed by atoms with E-state index >= 15 is 0 Å². The van der Waals surface area contributed by atoms with Crippen molar-refractivity contribution in [3.8, 4) is 0 Å². The van der Waals surface area contributed by atoms with Crippen molar-refractivity contribution >= 4 is 5.82 Å². The lowest BCUT2D eigenvalue weighted by molar-refractivity contribution is 0.233. The van der Waals surface area contributed by atoms with Gasteiger partial charge in [0, 0.05) is 12.2 Å². The van der Waals surface area contributed by atoms with Crippen molar-refractivity contribution in [3.05, 3.63) is 23.9 Å². The summed E-state index contributed by atoms with van der Waals surface area (Å²) in [5.74, 6) is 1.02. The summed E-state index contributed by atoms with van der Waals surface area (Å²) in [7, 11) is 0. The Hall–Kier alpha value is -1.05. The third-order valence-electron chi connectivity index (χ3n) is 3.65. The number of rotatable bonds is 3. The highest BCUT2D eigenvalue weighted by Gasteiger charge is 2.26. The van der Waals surface area contributed by atoms with Gasteiger partial charge in [-0.3, -0.25) is 0 Å². The molecule has 2 heteroatoms. The van der Waals surface area contributed by atoms with E-state index in [1.54, 1.807) is 0 Å². The minimum Gasteiger partial charge on any atom is -0.370 e. The van der Waals surface area contributed by atoms with Gasteiger partial charge in [-0.1, -0.05) is 32.3 Å². The zero-order valence-corrected chi connectivity index (χ0v) is 10.4. The van der Waals surface area contributed by atoms with E-state index in [1.807, 2.05) is 13.0 Å². The third-order valence-corrected chi connectivity index (χ3v) is 3.65. The minimum atomic E-state index is 0.476. The molecular formula is C14H22N2. The second kappa shape index (κ2) is 4.86. The van der Waals surface area contributed by atoms with Gasteiger partial charge in [0.15, 0.2) is 0 Å². The second-order valence-corrected chi connectivity index (χ2v) is 5.39. The van der Waals surface area contributed by atoms with Crippen LogP contribution in [0, 0.1) is 12.3 Å². The van der Waals surface area contributed by atoms with Gasteiger partial charge in [-0.15, -0.1) is 0 Å². The third kappa shape index (κ3) is 2.97. The zero-order chi connectivity index (χ0) is 11.4. The van der Waals surface area contributed by atoms with E-state index in [2.05, 4.69) is 29.4 Å². The van der Waals surface area contributed by atoms with Gasteiger partial charge in [-0.25, -0.2) is 4.98 Å². The van der Waals surface area contributed by atoms with Crippen molar-refractivity contribution in [2.75, 3.05) is 11.9 Å². The molecule has 1 aromatic heterocycles. The summed E-state index contributed by atoms with van der Waals surface area (Å²) < 4.78 is 0. The molecule has 2 rings (SSSR count). The predicted molar refractivity (Wildman–Crippen MR) is 68.7 cm³/mol. The number of nitrogens with one attached hydrogen (secondary N) is 1. The highest BCUT2D eigenvalue weighted by Crippen LogP contribution is 2.35. The average Bonchev–Trinajstić information content (AvgIpc) is 2.28. The average molecular weight is 218 g/mol. The minimum absolute atomic E-state index is 0.476. The molecule has 0 amide bonds. The highest BCUT2D eigenvalue weighted by atomic mass is 15.0. The molecule has 1 aromatic rings. The highest BCUT2D eigenvalue weighted by molar-refractivity contribution is 5.35. The lowest BCUT2D eigenvalue weighted by Gasteiger charge is -2.33. The van der Waals surface area contributed by atoms with Gasteiger partial charge in [0.1, 0.15) is 5.82 Å². The molecular weight excluding hydrogens is 196 g/mol. The Bertz CT molecular complexity index is 340. The molecule has 1 fully saturated rings. The van der Waals surface area contributed by atoms with Gasteiger partial charge in [-0.2, -0.15) is 0 Å². The van der Waals surface area contributed by atoms with Crippen molar-refractivity contribution in [2.45, 2.75) is 46.0 Å². The van der Waals surface area contributed by atoms with E-state index in [9.17, 15) is 0 Å². The van der Waals surface area contributed by atoms with Gasteiger partial charge in [0.2, 0.25) is 0 Å². The second-order valence-electron chi connectivity index (χ2n) is 5.39. The fourth-order valence-corrected chi connectivity index (χ4v) is 2.53. The molecule has 2 nitrogen and oxygen atoms in total. The fraction of sp³-hybridized carbons (Fsp3) is 0.643. The number of hydrogen-bond donors (Lipinski definition) is 1. The summed E-state index contributed by atoms with van der Waals surface area (Å²) in [5, 5.41) is 3.48. The van der Waals surface area contributed by atoms with Crippen LogP contribution in [0.4, 0.5) is 5.82 Å². The van der Waals surface area contributed by atoms with Crippen LogP contribution < -0.4 is 5.32 Å². The van der Waals surface area contributed by atoms with Gasteiger partial charge in [0.25, 0.3) is 0 Å². The van der Waals surface area contributed by atoms with Crippen molar-refractivity contribution in [2.24, 2.45) is 5.41 Å². The maximum absolute atomic E-state index is 4.48. The smallest absolute Gasteiger partial charge is 0.126 e. The SMILES string of the molecule is Cc1cccc(NCC2(C)CCCCC2)n1. The standard InChI is InChI=1S/C14H22N2/c1-12-7-6-8-13(16-12)15-11-14(2)9-4-3-5-10-14/h6-8H,3-5,9-11H2,1-2H3,(H,15,16). The lowest BCUT2D eigenvalue weighted by Crippen LogP contribution is -2.29. The molecule has 1 heterocycles. The molecule has 0 unspecified atom stereocenters. The van der Waals surface area contributed by atoms with Crippen LogP contribution in [0.2, 0.25) is 0 Å². The molecule has 0 aliphatic heterocycles. The van der Waals surface area contributed by atoms with E-state index in [4.69, 9.17) is 0 Å². The Balaban J connectivity index is 1.91. The topological polar surface area (TPSA) is 24.9 Å². The Kier molecular flexibility index (Phi) is 3.47. The van der Waals surface area contributed by atoms with Gasteiger partial charge in [0.05, 0.1) is 0 Å². The molecule has 1 saturated carbocycles. The Morgan fingerprint density at radius 2 is 2.00 bits per heavy atom. The molecule has 16 heavy (non-hydrogen) atoms. The summed E-state index contributed by atoms with van der Waals surface area (Å²) in [6.07, 6.45) is 6.90. The molecule has 0 radical (unpaired) electrons. The summed E-state index contributed by atoms with van der Waals surface area (Å²) in [6, 6.07) is 6.15. The van der Waals surface area contributed by atoms with Crippen LogP contribution >= 0.6 is 0 Å². The Labute approximate surface area is 98.5 Å². The van der Waals surface area contributed by atoms with Crippen molar-refractivity contribution in [1.82, 2.24) is 4.98 Å². The van der Waals surface area contributed by atoms with E-state index in [1.165, 1.54) is 32.1 Å². The van der Waals surface area contributed by atoms with E-state index < -0.39 is 0 Å². The molecule has 1 aliphatic rings. The van der Waals surface area contributed by atoms with Gasteiger partial charge < -0.3 is 5.32 Å².